The molecule has 0 fully saturated rings. The van der Waals surface area contributed by atoms with Gasteiger partial charge in [0.15, 0.2) is 0 Å². The van der Waals surface area contributed by atoms with Gasteiger partial charge in [-0.05, 0) is 43.3 Å². The maximum Gasteiger partial charge on any atom is 0.264 e. The normalized spacial score (nSPS) is 12.1. The van der Waals surface area contributed by atoms with Crippen LogP contribution in [0.5, 0.6) is 5.75 Å². The number of para-hydroxylation sites is 1. The molecule has 1 atom stereocenters. The summed E-state index contributed by atoms with van der Waals surface area (Å²) >= 11 is 5.88. The van der Waals surface area contributed by atoms with Crippen LogP contribution in [0, 0.1) is 5.82 Å². The first-order chi connectivity index (χ1) is 15.2. The standard InChI is InChI=1S/C23H22ClFN2O4S/c1-16(19-10-6-7-11-22(19)31-2)26-23(28)15-27(17-12-13-21(25)20(24)14-17)32(29,30)18-8-4-3-5-9-18/h3-14,16H,15H2,1-2H3,(H,26,28)/t16-/m1/s1. The van der Waals surface area contributed by atoms with Crippen LogP contribution in [-0.4, -0.2) is 28.0 Å². The molecule has 3 aromatic carbocycles. The molecule has 0 aromatic heterocycles. The highest BCUT2D eigenvalue weighted by Crippen LogP contribution is 2.28. The summed E-state index contributed by atoms with van der Waals surface area (Å²) in [5.41, 5.74) is 0.811. The molecule has 0 aliphatic carbocycles. The summed E-state index contributed by atoms with van der Waals surface area (Å²) < 4.78 is 46.5. The van der Waals surface area contributed by atoms with Crippen LogP contribution < -0.4 is 14.4 Å². The van der Waals surface area contributed by atoms with Gasteiger partial charge in [0.25, 0.3) is 10.0 Å². The molecule has 0 aliphatic rings. The van der Waals surface area contributed by atoms with E-state index in [4.69, 9.17) is 16.3 Å². The molecule has 168 valence electrons. The molecule has 0 saturated carbocycles. The number of ether oxygens (including phenoxy) is 1. The SMILES string of the molecule is COc1ccccc1[C@@H](C)NC(=O)CN(c1ccc(F)c(Cl)c1)S(=O)(=O)c1ccccc1. The van der Waals surface area contributed by atoms with Crippen LogP contribution >= 0.6 is 11.6 Å². The van der Waals surface area contributed by atoms with Gasteiger partial charge in [-0.3, -0.25) is 9.10 Å². The van der Waals surface area contributed by atoms with Crippen molar-refractivity contribution in [1.82, 2.24) is 5.32 Å². The van der Waals surface area contributed by atoms with Crippen molar-refractivity contribution in [3.63, 3.8) is 0 Å². The minimum absolute atomic E-state index is 0.00831. The molecule has 6 nitrogen and oxygen atoms in total. The number of halogens is 2. The third-order valence-electron chi connectivity index (χ3n) is 4.79. The number of anilines is 1. The molecular formula is C23H22ClFN2O4S. The highest BCUT2D eigenvalue weighted by atomic mass is 35.5. The molecule has 0 saturated heterocycles. The second-order valence-corrected chi connectivity index (χ2v) is 9.22. The Morgan fingerprint density at radius 2 is 1.75 bits per heavy atom. The minimum atomic E-state index is -4.13. The highest BCUT2D eigenvalue weighted by Gasteiger charge is 2.28. The molecular weight excluding hydrogens is 455 g/mol. The van der Waals surface area contributed by atoms with Crippen LogP contribution in [0.2, 0.25) is 5.02 Å². The summed E-state index contributed by atoms with van der Waals surface area (Å²) in [4.78, 5) is 12.9. The molecule has 0 spiro atoms. The summed E-state index contributed by atoms with van der Waals surface area (Å²) in [7, 11) is -2.60. The fourth-order valence-electron chi connectivity index (χ4n) is 3.19. The van der Waals surface area contributed by atoms with E-state index in [9.17, 15) is 17.6 Å². The van der Waals surface area contributed by atoms with Gasteiger partial charge in [0.05, 0.1) is 28.8 Å². The zero-order chi connectivity index (χ0) is 23.3. The number of carbonyl (C=O) groups excluding carboxylic acids is 1. The van der Waals surface area contributed by atoms with E-state index in [2.05, 4.69) is 5.32 Å². The van der Waals surface area contributed by atoms with Crippen molar-refractivity contribution in [2.24, 2.45) is 0 Å². The third-order valence-corrected chi connectivity index (χ3v) is 6.87. The zero-order valence-electron chi connectivity index (χ0n) is 17.5. The Kier molecular flexibility index (Phi) is 7.37. The lowest BCUT2D eigenvalue weighted by atomic mass is 10.1. The Labute approximate surface area is 191 Å². The quantitative estimate of drug-likeness (QED) is 0.517. The fraction of sp³-hybridized carbons (Fsp3) is 0.174. The van der Waals surface area contributed by atoms with Gasteiger partial charge < -0.3 is 10.1 Å². The summed E-state index contributed by atoms with van der Waals surface area (Å²) in [6, 6.07) is 17.9. The van der Waals surface area contributed by atoms with Crippen LogP contribution in [0.4, 0.5) is 10.1 Å². The Balaban J connectivity index is 1.92. The van der Waals surface area contributed by atoms with Gasteiger partial charge in [-0.2, -0.15) is 0 Å². The van der Waals surface area contributed by atoms with Gasteiger partial charge in [-0.25, -0.2) is 12.8 Å². The summed E-state index contributed by atoms with van der Waals surface area (Å²) in [6.45, 7) is 1.24. The lowest BCUT2D eigenvalue weighted by Crippen LogP contribution is -2.41. The lowest BCUT2D eigenvalue weighted by molar-refractivity contribution is -0.120. The van der Waals surface area contributed by atoms with Crippen molar-refractivity contribution in [3.05, 3.63) is 89.2 Å². The molecule has 0 bridgehead atoms. The topological polar surface area (TPSA) is 75.7 Å². The first-order valence-electron chi connectivity index (χ1n) is 9.69. The predicted octanol–water partition coefficient (Wildman–Crippen LogP) is 4.56. The zero-order valence-corrected chi connectivity index (χ0v) is 19.0. The molecule has 0 radical (unpaired) electrons. The average Bonchev–Trinajstić information content (AvgIpc) is 2.79. The summed E-state index contributed by atoms with van der Waals surface area (Å²) in [5.74, 6) is -0.649. The molecule has 0 heterocycles. The van der Waals surface area contributed by atoms with Gasteiger partial charge in [-0.15, -0.1) is 0 Å². The average molecular weight is 477 g/mol. The van der Waals surface area contributed by atoms with Crippen LogP contribution in [0.1, 0.15) is 18.5 Å². The number of methoxy groups -OCH3 is 1. The number of nitrogens with one attached hydrogen (secondary N) is 1. The first kappa shape index (κ1) is 23.6. The Bertz CT molecular complexity index is 1210. The number of sulfonamides is 1. The van der Waals surface area contributed by atoms with Gasteiger partial charge in [-0.1, -0.05) is 48.0 Å². The molecule has 3 aromatic rings. The predicted molar refractivity (Wildman–Crippen MR) is 122 cm³/mol. The van der Waals surface area contributed by atoms with E-state index in [1.807, 2.05) is 18.2 Å². The highest BCUT2D eigenvalue weighted by molar-refractivity contribution is 7.92. The molecule has 1 N–H and O–H groups in total. The van der Waals surface area contributed by atoms with Crippen LogP contribution in [0.3, 0.4) is 0 Å². The van der Waals surface area contributed by atoms with E-state index in [1.165, 1.54) is 31.4 Å². The maximum atomic E-state index is 13.7. The van der Waals surface area contributed by atoms with Crippen LogP contribution in [0.25, 0.3) is 0 Å². The molecule has 9 heteroatoms. The number of amides is 1. The molecule has 32 heavy (non-hydrogen) atoms. The Hall–Kier alpha value is -3.10. The summed E-state index contributed by atoms with van der Waals surface area (Å²) in [6.07, 6.45) is 0. The van der Waals surface area contributed by atoms with Gasteiger partial charge >= 0.3 is 0 Å². The van der Waals surface area contributed by atoms with Crippen molar-refractivity contribution in [2.45, 2.75) is 17.9 Å². The van der Waals surface area contributed by atoms with Crippen molar-refractivity contribution in [3.8, 4) is 5.75 Å². The molecule has 0 aliphatic heterocycles. The monoisotopic (exact) mass is 476 g/mol. The van der Waals surface area contributed by atoms with Crippen LogP contribution in [0.15, 0.2) is 77.7 Å². The second kappa shape index (κ2) is 10.0. The van der Waals surface area contributed by atoms with E-state index in [-0.39, 0.29) is 15.6 Å². The van der Waals surface area contributed by atoms with Crippen LogP contribution in [-0.2, 0) is 14.8 Å². The van der Waals surface area contributed by atoms with Gasteiger partial charge in [0.2, 0.25) is 5.91 Å². The number of carbonyl (C=O) groups is 1. The first-order valence-corrected chi connectivity index (χ1v) is 11.5. The second-order valence-electron chi connectivity index (χ2n) is 6.95. The van der Waals surface area contributed by atoms with E-state index >= 15 is 0 Å². The smallest absolute Gasteiger partial charge is 0.264 e. The van der Waals surface area contributed by atoms with E-state index in [0.29, 0.717) is 5.75 Å². The van der Waals surface area contributed by atoms with E-state index in [1.54, 1.807) is 31.2 Å². The minimum Gasteiger partial charge on any atom is -0.496 e. The van der Waals surface area contributed by atoms with E-state index in [0.717, 1.165) is 15.9 Å². The van der Waals surface area contributed by atoms with Crippen molar-refractivity contribution in [2.75, 3.05) is 18.0 Å². The Morgan fingerprint density at radius 3 is 2.41 bits per heavy atom. The van der Waals surface area contributed by atoms with E-state index < -0.39 is 34.3 Å². The Morgan fingerprint density at radius 1 is 1.09 bits per heavy atom. The number of hydrogen-bond donors (Lipinski definition) is 1. The van der Waals surface area contributed by atoms with Gasteiger partial charge in [0.1, 0.15) is 18.1 Å². The third kappa shape index (κ3) is 5.20. The maximum absolute atomic E-state index is 13.7. The number of rotatable bonds is 8. The van der Waals surface area contributed by atoms with Crippen molar-refractivity contribution < 1.29 is 22.3 Å². The summed E-state index contributed by atoms with van der Waals surface area (Å²) in [5, 5.41) is 2.54. The van der Waals surface area contributed by atoms with Crippen molar-refractivity contribution in [1.29, 1.82) is 0 Å². The molecule has 3 rings (SSSR count). The lowest BCUT2D eigenvalue weighted by Gasteiger charge is -2.25. The number of benzene rings is 3. The molecule has 0 unspecified atom stereocenters. The molecule has 1 amide bonds. The fourth-order valence-corrected chi connectivity index (χ4v) is 4.80. The number of hydrogen-bond acceptors (Lipinski definition) is 4. The van der Waals surface area contributed by atoms with Crippen molar-refractivity contribution >= 4 is 33.2 Å². The number of nitrogens with zero attached hydrogens (tertiary/aromatic N) is 1. The largest absolute Gasteiger partial charge is 0.496 e. The van der Waals surface area contributed by atoms with Gasteiger partial charge in [0, 0.05) is 5.56 Å².